The van der Waals surface area contributed by atoms with E-state index < -0.39 is 0 Å². The maximum absolute atomic E-state index is 12.2. The van der Waals surface area contributed by atoms with Gasteiger partial charge >= 0.3 is 6.03 Å². The molecule has 0 heterocycles. The second kappa shape index (κ2) is 11.2. The van der Waals surface area contributed by atoms with Crippen molar-refractivity contribution in [3.63, 3.8) is 0 Å². The molecule has 7 heteroatoms. The van der Waals surface area contributed by atoms with E-state index in [4.69, 9.17) is 16.3 Å². The summed E-state index contributed by atoms with van der Waals surface area (Å²) in [7, 11) is 1.56. The van der Waals surface area contributed by atoms with Crippen molar-refractivity contribution >= 4 is 34.9 Å². The molecule has 0 saturated heterocycles. The number of carbonyl (C=O) groups excluding carboxylic acids is 2. The molecule has 0 unspecified atom stereocenters. The third-order valence-corrected chi connectivity index (χ3v) is 5.10. The molecule has 3 aromatic carbocycles. The van der Waals surface area contributed by atoms with Gasteiger partial charge in [0.15, 0.2) is 0 Å². The van der Waals surface area contributed by atoms with Crippen molar-refractivity contribution in [3.05, 3.63) is 88.4 Å². The average molecular weight is 452 g/mol. The minimum absolute atomic E-state index is 0.0625. The van der Waals surface area contributed by atoms with Crippen LogP contribution in [0.15, 0.2) is 66.7 Å². The maximum Gasteiger partial charge on any atom is 0.323 e. The molecule has 166 valence electrons. The van der Waals surface area contributed by atoms with E-state index in [-0.39, 0.29) is 11.9 Å². The van der Waals surface area contributed by atoms with E-state index in [1.54, 1.807) is 19.2 Å². The van der Waals surface area contributed by atoms with Crippen LogP contribution in [0.25, 0.3) is 0 Å². The highest BCUT2D eigenvalue weighted by Gasteiger charge is 2.07. The molecule has 6 nitrogen and oxygen atoms in total. The fraction of sp³-hybridized carbons (Fsp3) is 0.200. The molecule has 3 N–H and O–H groups in total. The molecule has 3 amide bonds. The van der Waals surface area contributed by atoms with Crippen molar-refractivity contribution in [2.45, 2.75) is 26.3 Å². The summed E-state index contributed by atoms with van der Waals surface area (Å²) in [6.45, 7) is 2.34. The van der Waals surface area contributed by atoms with E-state index in [2.05, 4.69) is 16.0 Å². The lowest BCUT2D eigenvalue weighted by atomic mass is 10.1. The highest BCUT2D eigenvalue weighted by atomic mass is 35.5. The Hall–Kier alpha value is -3.51. The van der Waals surface area contributed by atoms with Crippen molar-refractivity contribution in [1.82, 2.24) is 5.32 Å². The number of methoxy groups -OCH3 is 1. The first-order valence-electron chi connectivity index (χ1n) is 10.3. The lowest BCUT2D eigenvalue weighted by Gasteiger charge is -2.10. The van der Waals surface area contributed by atoms with E-state index in [0.717, 1.165) is 22.4 Å². The van der Waals surface area contributed by atoms with Gasteiger partial charge in [-0.2, -0.15) is 0 Å². The Balaban J connectivity index is 1.47. The Morgan fingerprint density at radius 3 is 2.31 bits per heavy atom. The van der Waals surface area contributed by atoms with Crippen LogP contribution in [-0.2, 0) is 17.8 Å². The number of hydrogen-bond donors (Lipinski definition) is 3. The fourth-order valence-corrected chi connectivity index (χ4v) is 3.47. The van der Waals surface area contributed by atoms with Gasteiger partial charge in [-0.1, -0.05) is 41.9 Å². The topological polar surface area (TPSA) is 79.5 Å². The first-order chi connectivity index (χ1) is 15.4. The van der Waals surface area contributed by atoms with Gasteiger partial charge in [-0.15, -0.1) is 0 Å². The molecule has 0 aliphatic heterocycles. The van der Waals surface area contributed by atoms with Crippen molar-refractivity contribution < 1.29 is 14.3 Å². The van der Waals surface area contributed by atoms with E-state index in [0.29, 0.717) is 35.8 Å². The van der Waals surface area contributed by atoms with Crippen LogP contribution in [-0.4, -0.2) is 19.0 Å². The molecule has 3 aromatic rings. The Kier molecular flexibility index (Phi) is 8.11. The molecule has 3 rings (SSSR count). The Morgan fingerprint density at radius 2 is 1.62 bits per heavy atom. The molecule has 0 spiro atoms. The number of hydrogen-bond acceptors (Lipinski definition) is 3. The van der Waals surface area contributed by atoms with Gasteiger partial charge in [-0.05, 0) is 66.4 Å². The number of anilines is 2. The zero-order chi connectivity index (χ0) is 22.9. The lowest BCUT2D eigenvalue weighted by Crippen LogP contribution is -2.23. The van der Waals surface area contributed by atoms with E-state index in [1.165, 1.54) is 0 Å². The summed E-state index contributed by atoms with van der Waals surface area (Å²) in [5, 5.41) is 9.06. The molecule has 0 aromatic heterocycles. The summed E-state index contributed by atoms with van der Waals surface area (Å²) >= 11 is 6.13. The van der Waals surface area contributed by atoms with Gasteiger partial charge in [0.05, 0.1) is 12.1 Å². The number of amides is 3. The first-order valence-corrected chi connectivity index (χ1v) is 10.6. The monoisotopic (exact) mass is 451 g/mol. The van der Waals surface area contributed by atoms with Crippen LogP contribution in [0.5, 0.6) is 5.75 Å². The normalized spacial score (nSPS) is 10.3. The molecular weight excluding hydrogens is 426 g/mol. The second-order valence-electron chi connectivity index (χ2n) is 7.39. The number of aryl methyl sites for hydroxylation is 2. The quantitative estimate of drug-likeness (QED) is 0.420. The summed E-state index contributed by atoms with van der Waals surface area (Å²) in [5.74, 6) is 0.549. The summed E-state index contributed by atoms with van der Waals surface area (Å²) in [5.41, 5.74) is 4.30. The second-order valence-corrected chi connectivity index (χ2v) is 7.80. The maximum atomic E-state index is 12.2. The summed E-state index contributed by atoms with van der Waals surface area (Å²) in [6.07, 6.45) is 0.926. The first kappa shape index (κ1) is 23.2. The number of carbonyl (C=O) groups is 2. The zero-order valence-corrected chi connectivity index (χ0v) is 18.8. The molecule has 0 bridgehead atoms. The number of benzene rings is 3. The highest BCUT2D eigenvalue weighted by molar-refractivity contribution is 6.32. The molecule has 0 aliphatic carbocycles. The number of nitrogens with one attached hydrogen (secondary N) is 3. The SMILES string of the molecule is COc1ccc(CCC(=O)NCc2cccc(NC(=O)Nc3cccc(C)c3)c2)cc1Cl. The van der Waals surface area contributed by atoms with Gasteiger partial charge in [0.25, 0.3) is 0 Å². The Bertz CT molecular complexity index is 1100. The molecule has 0 saturated carbocycles. The Labute approximate surface area is 192 Å². The zero-order valence-electron chi connectivity index (χ0n) is 18.1. The third-order valence-electron chi connectivity index (χ3n) is 4.81. The molecule has 32 heavy (non-hydrogen) atoms. The summed E-state index contributed by atoms with van der Waals surface area (Å²) < 4.78 is 5.14. The number of halogens is 1. The standard InChI is InChI=1S/C25H26ClN3O3/c1-17-5-3-7-20(13-17)28-25(31)29-21-8-4-6-19(14-21)16-27-24(30)12-10-18-9-11-23(32-2)22(26)15-18/h3-9,11,13-15H,10,12,16H2,1-2H3,(H,27,30)(H2,28,29,31). The van der Waals surface area contributed by atoms with Crippen molar-refractivity contribution in [2.24, 2.45) is 0 Å². The summed E-state index contributed by atoms with van der Waals surface area (Å²) in [6, 6.07) is 20.1. The predicted octanol–water partition coefficient (Wildman–Crippen LogP) is 5.55. The van der Waals surface area contributed by atoms with Crippen molar-refractivity contribution in [2.75, 3.05) is 17.7 Å². The largest absolute Gasteiger partial charge is 0.495 e. The van der Waals surface area contributed by atoms with Crippen molar-refractivity contribution in [1.29, 1.82) is 0 Å². The fourth-order valence-electron chi connectivity index (χ4n) is 3.19. The van der Waals surface area contributed by atoms with E-state index in [9.17, 15) is 9.59 Å². The van der Waals surface area contributed by atoms with Gasteiger partial charge in [-0.3, -0.25) is 4.79 Å². The molecule has 0 fully saturated rings. The lowest BCUT2D eigenvalue weighted by molar-refractivity contribution is -0.121. The third kappa shape index (κ3) is 7.03. The van der Waals surface area contributed by atoms with Crippen LogP contribution >= 0.6 is 11.6 Å². The molecule has 0 aliphatic rings. The van der Waals surface area contributed by atoms with E-state index >= 15 is 0 Å². The van der Waals surface area contributed by atoms with Gasteiger partial charge in [0.2, 0.25) is 5.91 Å². The predicted molar refractivity (Wildman–Crippen MR) is 128 cm³/mol. The minimum Gasteiger partial charge on any atom is -0.495 e. The molecule has 0 atom stereocenters. The number of urea groups is 1. The minimum atomic E-state index is -0.324. The highest BCUT2D eigenvalue weighted by Crippen LogP contribution is 2.25. The number of rotatable bonds is 8. The van der Waals surface area contributed by atoms with Crippen molar-refractivity contribution in [3.8, 4) is 5.75 Å². The van der Waals surface area contributed by atoms with Crippen LogP contribution in [0, 0.1) is 6.92 Å². The van der Waals surface area contributed by atoms with Crippen LogP contribution in [0.2, 0.25) is 5.02 Å². The van der Waals surface area contributed by atoms with Gasteiger partial charge in [0.1, 0.15) is 5.75 Å². The summed E-state index contributed by atoms with van der Waals surface area (Å²) in [4.78, 5) is 24.5. The average Bonchev–Trinajstić information content (AvgIpc) is 2.76. The van der Waals surface area contributed by atoms with Crippen LogP contribution in [0.3, 0.4) is 0 Å². The molecular formula is C25H26ClN3O3. The smallest absolute Gasteiger partial charge is 0.323 e. The van der Waals surface area contributed by atoms with Crippen LogP contribution < -0.4 is 20.7 Å². The number of ether oxygens (including phenoxy) is 1. The van der Waals surface area contributed by atoms with Crippen LogP contribution in [0.4, 0.5) is 16.2 Å². The van der Waals surface area contributed by atoms with Gasteiger partial charge in [-0.25, -0.2) is 4.79 Å². The molecule has 0 radical (unpaired) electrons. The Morgan fingerprint density at radius 1 is 0.906 bits per heavy atom. The van der Waals surface area contributed by atoms with Crippen LogP contribution in [0.1, 0.15) is 23.1 Å². The van der Waals surface area contributed by atoms with Gasteiger partial charge < -0.3 is 20.7 Å². The van der Waals surface area contributed by atoms with Gasteiger partial charge in [0, 0.05) is 24.3 Å². The van der Waals surface area contributed by atoms with E-state index in [1.807, 2.05) is 61.5 Å².